The molecule has 0 spiro atoms. The van der Waals surface area contributed by atoms with Crippen molar-refractivity contribution in [1.29, 1.82) is 0 Å². The number of hydrogen-bond acceptors (Lipinski definition) is 6. The summed E-state index contributed by atoms with van der Waals surface area (Å²) in [5.74, 6) is 1.08. The predicted octanol–water partition coefficient (Wildman–Crippen LogP) is 4.05. The van der Waals surface area contributed by atoms with Gasteiger partial charge in [0.15, 0.2) is 10.9 Å². The summed E-state index contributed by atoms with van der Waals surface area (Å²) in [5.41, 5.74) is 0.694. The molecule has 3 aromatic rings. The third-order valence-corrected chi connectivity index (χ3v) is 5.74. The van der Waals surface area contributed by atoms with Crippen molar-refractivity contribution in [3.8, 4) is 17.2 Å². The number of likely N-dealkylation sites (tertiary alicyclic amines) is 1. The minimum atomic E-state index is -0.242. The average molecular weight is 426 g/mol. The molecular weight excluding hydrogens is 402 g/mol. The number of ether oxygens (including phenoxy) is 1. The first kappa shape index (κ1) is 20.2. The number of piperidine rings is 1. The molecule has 2 aromatic heterocycles. The highest BCUT2D eigenvalue weighted by Crippen LogP contribution is 2.26. The van der Waals surface area contributed by atoms with E-state index in [0.717, 1.165) is 18.6 Å². The van der Waals surface area contributed by atoms with E-state index >= 15 is 0 Å². The van der Waals surface area contributed by atoms with Crippen molar-refractivity contribution in [1.82, 2.24) is 9.88 Å². The van der Waals surface area contributed by atoms with Gasteiger partial charge in [0.2, 0.25) is 11.8 Å². The fraction of sp³-hybridized carbons (Fsp3) is 0.318. The van der Waals surface area contributed by atoms with Crippen molar-refractivity contribution in [2.45, 2.75) is 19.3 Å². The van der Waals surface area contributed by atoms with E-state index in [2.05, 4.69) is 10.3 Å². The molecule has 1 aliphatic heterocycles. The number of thiazole rings is 1. The lowest BCUT2D eigenvalue weighted by atomic mass is 9.97. The number of hydrogen-bond donors (Lipinski definition) is 1. The standard InChI is InChI=1S/C22H23N3O4S/c26-20(10-13-28-17-7-2-1-3-8-17)25-11-4-6-16(14-25)21(27)24-22-23-18(15-30-22)19-9-5-12-29-19/h1-3,5,7-9,12,15-16H,4,6,10-11,13-14H2,(H,23,24,27). The minimum absolute atomic E-state index is 0.0118. The first-order valence-electron chi connectivity index (χ1n) is 9.95. The number of para-hydroxylation sites is 1. The number of nitrogens with zero attached hydrogens (tertiary/aromatic N) is 2. The van der Waals surface area contributed by atoms with E-state index in [1.807, 2.05) is 41.8 Å². The van der Waals surface area contributed by atoms with Crippen LogP contribution in [0.2, 0.25) is 0 Å². The van der Waals surface area contributed by atoms with Crippen molar-refractivity contribution in [3.63, 3.8) is 0 Å². The molecule has 2 amide bonds. The molecule has 1 fully saturated rings. The van der Waals surface area contributed by atoms with Crippen LogP contribution in [0.5, 0.6) is 5.75 Å². The topological polar surface area (TPSA) is 84.7 Å². The molecule has 156 valence electrons. The molecule has 1 aromatic carbocycles. The maximum Gasteiger partial charge on any atom is 0.231 e. The largest absolute Gasteiger partial charge is 0.493 e. The van der Waals surface area contributed by atoms with E-state index < -0.39 is 0 Å². The van der Waals surface area contributed by atoms with Crippen molar-refractivity contribution in [2.75, 3.05) is 25.0 Å². The highest BCUT2D eigenvalue weighted by Gasteiger charge is 2.28. The molecule has 0 radical (unpaired) electrons. The molecule has 1 unspecified atom stereocenters. The second-order valence-corrected chi connectivity index (χ2v) is 7.95. The van der Waals surface area contributed by atoms with Gasteiger partial charge in [-0.25, -0.2) is 4.98 Å². The van der Waals surface area contributed by atoms with Gasteiger partial charge < -0.3 is 19.4 Å². The van der Waals surface area contributed by atoms with Crippen LogP contribution in [0.4, 0.5) is 5.13 Å². The lowest BCUT2D eigenvalue weighted by Crippen LogP contribution is -2.44. The number of carbonyl (C=O) groups excluding carboxylic acids is 2. The summed E-state index contributed by atoms with van der Waals surface area (Å²) in [6.45, 7) is 1.42. The Morgan fingerprint density at radius 1 is 1.23 bits per heavy atom. The Labute approximate surface area is 178 Å². The lowest BCUT2D eigenvalue weighted by molar-refractivity contribution is -0.135. The summed E-state index contributed by atoms with van der Waals surface area (Å²) >= 11 is 1.36. The maximum absolute atomic E-state index is 12.7. The Bertz CT molecular complexity index is 971. The van der Waals surface area contributed by atoms with Gasteiger partial charge in [0.1, 0.15) is 11.4 Å². The first-order valence-corrected chi connectivity index (χ1v) is 10.8. The van der Waals surface area contributed by atoms with E-state index in [1.165, 1.54) is 11.3 Å². The second kappa shape index (κ2) is 9.58. The highest BCUT2D eigenvalue weighted by atomic mass is 32.1. The highest BCUT2D eigenvalue weighted by molar-refractivity contribution is 7.14. The SMILES string of the molecule is O=C(Nc1nc(-c2ccco2)cs1)C1CCCN(C(=O)CCOc2ccccc2)C1. The van der Waals surface area contributed by atoms with Crippen LogP contribution in [0.15, 0.2) is 58.5 Å². The Kier molecular flexibility index (Phi) is 6.44. The number of amides is 2. The number of anilines is 1. The number of nitrogens with one attached hydrogen (secondary N) is 1. The molecule has 1 saturated heterocycles. The predicted molar refractivity (Wildman–Crippen MR) is 114 cm³/mol. The van der Waals surface area contributed by atoms with Crippen LogP contribution in [-0.4, -0.2) is 41.4 Å². The van der Waals surface area contributed by atoms with Crippen LogP contribution < -0.4 is 10.1 Å². The summed E-state index contributed by atoms with van der Waals surface area (Å²) in [6.07, 6.45) is 3.44. The fourth-order valence-corrected chi connectivity index (χ4v) is 4.13. The molecule has 1 N–H and O–H groups in total. The quantitative estimate of drug-likeness (QED) is 0.617. The van der Waals surface area contributed by atoms with Gasteiger partial charge in [-0.05, 0) is 37.1 Å². The molecule has 30 heavy (non-hydrogen) atoms. The van der Waals surface area contributed by atoms with Crippen LogP contribution in [0.1, 0.15) is 19.3 Å². The maximum atomic E-state index is 12.7. The van der Waals surface area contributed by atoms with Crippen LogP contribution in [0.3, 0.4) is 0 Å². The summed E-state index contributed by atoms with van der Waals surface area (Å²) in [4.78, 5) is 31.4. The molecule has 7 nitrogen and oxygen atoms in total. The number of benzene rings is 1. The smallest absolute Gasteiger partial charge is 0.231 e. The number of furan rings is 1. The zero-order valence-corrected chi connectivity index (χ0v) is 17.3. The number of carbonyl (C=O) groups is 2. The van der Waals surface area contributed by atoms with E-state index in [4.69, 9.17) is 9.15 Å². The van der Waals surface area contributed by atoms with Gasteiger partial charge in [0, 0.05) is 18.5 Å². The van der Waals surface area contributed by atoms with Crippen molar-refractivity contribution >= 4 is 28.3 Å². The summed E-state index contributed by atoms with van der Waals surface area (Å²) < 4.78 is 10.9. The van der Waals surface area contributed by atoms with Gasteiger partial charge in [-0.2, -0.15) is 0 Å². The van der Waals surface area contributed by atoms with Gasteiger partial charge in [0.05, 0.1) is 25.2 Å². The van der Waals surface area contributed by atoms with E-state index in [-0.39, 0.29) is 17.7 Å². The molecule has 0 bridgehead atoms. The summed E-state index contributed by atoms with van der Waals surface area (Å²) in [6, 6.07) is 13.1. The van der Waals surface area contributed by atoms with Crippen LogP contribution >= 0.6 is 11.3 Å². The number of aromatic nitrogens is 1. The molecule has 0 aliphatic carbocycles. The minimum Gasteiger partial charge on any atom is -0.493 e. The van der Waals surface area contributed by atoms with E-state index in [1.54, 1.807) is 17.2 Å². The lowest BCUT2D eigenvalue weighted by Gasteiger charge is -2.32. The van der Waals surface area contributed by atoms with Gasteiger partial charge in [-0.3, -0.25) is 9.59 Å². The second-order valence-electron chi connectivity index (χ2n) is 7.09. The Balaban J connectivity index is 1.26. The van der Waals surface area contributed by atoms with Crippen molar-refractivity contribution in [2.24, 2.45) is 5.92 Å². The number of rotatable bonds is 7. The van der Waals surface area contributed by atoms with Crippen molar-refractivity contribution < 1.29 is 18.7 Å². The molecule has 1 atom stereocenters. The van der Waals surface area contributed by atoms with Crippen molar-refractivity contribution in [3.05, 3.63) is 54.1 Å². The van der Waals surface area contributed by atoms with E-state index in [9.17, 15) is 9.59 Å². The normalized spacial score (nSPS) is 16.3. The van der Waals surface area contributed by atoms with Gasteiger partial charge >= 0.3 is 0 Å². The molecule has 0 saturated carbocycles. The van der Waals surface area contributed by atoms with Gasteiger partial charge in [-0.15, -0.1) is 11.3 Å². The van der Waals surface area contributed by atoms with Crippen LogP contribution in [-0.2, 0) is 9.59 Å². The summed E-state index contributed by atoms with van der Waals surface area (Å²) in [5, 5.41) is 5.26. The molecule has 4 rings (SSSR count). The fourth-order valence-electron chi connectivity index (χ4n) is 3.42. The Morgan fingerprint density at radius 2 is 2.10 bits per heavy atom. The average Bonchev–Trinajstić information content (AvgIpc) is 3.46. The van der Waals surface area contributed by atoms with E-state index in [0.29, 0.717) is 42.7 Å². The Morgan fingerprint density at radius 3 is 2.90 bits per heavy atom. The summed E-state index contributed by atoms with van der Waals surface area (Å²) in [7, 11) is 0. The molecule has 3 heterocycles. The van der Waals surface area contributed by atoms with Crippen LogP contribution in [0, 0.1) is 5.92 Å². The monoisotopic (exact) mass is 425 g/mol. The first-order chi connectivity index (χ1) is 14.7. The molecular formula is C22H23N3O4S. The zero-order chi connectivity index (χ0) is 20.8. The third-order valence-electron chi connectivity index (χ3n) is 4.98. The molecule has 8 heteroatoms. The van der Waals surface area contributed by atoms with Crippen LogP contribution in [0.25, 0.3) is 11.5 Å². The Hall–Kier alpha value is -3.13. The van der Waals surface area contributed by atoms with Gasteiger partial charge in [-0.1, -0.05) is 18.2 Å². The zero-order valence-electron chi connectivity index (χ0n) is 16.5. The third kappa shape index (κ3) is 5.07. The van der Waals surface area contributed by atoms with Gasteiger partial charge in [0.25, 0.3) is 0 Å². The molecule has 1 aliphatic rings.